The van der Waals surface area contributed by atoms with E-state index in [9.17, 15) is 5.11 Å². The van der Waals surface area contributed by atoms with Gasteiger partial charge in [0.25, 0.3) is 0 Å². The fourth-order valence-electron chi connectivity index (χ4n) is 1.16. The van der Waals surface area contributed by atoms with E-state index in [0.29, 0.717) is 12.4 Å². The number of nitrogens with two attached hydrogens (primary N) is 1. The van der Waals surface area contributed by atoms with Crippen molar-refractivity contribution in [2.45, 2.75) is 32.2 Å². The van der Waals surface area contributed by atoms with Crippen LogP contribution in [0.1, 0.15) is 26.2 Å². The first kappa shape index (κ1) is 10.1. The van der Waals surface area contributed by atoms with Crippen LogP contribution in [-0.2, 0) is 4.74 Å². The third kappa shape index (κ3) is 3.11. The highest BCUT2D eigenvalue weighted by Crippen LogP contribution is 2.17. The Bertz CT molecular complexity index is 221. The summed E-state index contributed by atoms with van der Waals surface area (Å²) < 4.78 is 5.37. The molecule has 1 atom stereocenters. The minimum Gasteiger partial charge on any atom is -0.504 e. The number of rotatable bonds is 4. The van der Waals surface area contributed by atoms with Gasteiger partial charge in [-0.25, -0.2) is 0 Å². The first-order chi connectivity index (χ1) is 6.24. The Morgan fingerprint density at radius 2 is 2.46 bits per heavy atom. The minimum atomic E-state index is -0.0708. The molecule has 0 aromatic heterocycles. The molecule has 1 aliphatic rings. The zero-order chi connectivity index (χ0) is 9.68. The largest absolute Gasteiger partial charge is 0.504 e. The van der Waals surface area contributed by atoms with Crippen LogP contribution in [0, 0.1) is 0 Å². The second-order valence-electron chi connectivity index (χ2n) is 3.22. The Morgan fingerprint density at radius 3 is 3.08 bits per heavy atom. The van der Waals surface area contributed by atoms with Gasteiger partial charge in [-0.3, -0.25) is 0 Å². The molecule has 3 N–H and O–H groups in total. The van der Waals surface area contributed by atoms with E-state index in [1.54, 1.807) is 6.08 Å². The van der Waals surface area contributed by atoms with Crippen LogP contribution in [0.3, 0.4) is 0 Å². The van der Waals surface area contributed by atoms with Crippen LogP contribution in [0.2, 0.25) is 0 Å². The summed E-state index contributed by atoms with van der Waals surface area (Å²) in [6.07, 6.45) is 6.32. The van der Waals surface area contributed by atoms with Crippen molar-refractivity contribution >= 4 is 0 Å². The number of aliphatic hydroxyl groups excluding tert-OH is 1. The van der Waals surface area contributed by atoms with Crippen molar-refractivity contribution in [1.29, 1.82) is 0 Å². The lowest BCUT2D eigenvalue weighted by Gasteiger charge is -2.15. The summed E-state index contributed by atoms with van der Waals surface area (Å²) in [6.45, 7) is 2.76. The first-order valence-corrected chi connectivity index (χ1v) is 4.73. The molecule has 0 aromatic rings. The van der Waals surface area contributed by atoms with Crippen molar-refractivity contribution in [3.63, 3.8) is 0 Å². The maximum absolute atomic E-state index is 9.43. The van der Waals surface area contributed by atoms with Gasteiger partial charge in [-0.2, -0.15) is 0 Å². The highest BCUT2D eigenvalue weighted by molar-refractivity contribution is 5.25. The van der Waals surface area contributed by atoms with Crippen LogP contribution >= 0.6 is 0 Å². The summed E-state index contributed by atoms with van der Waals surface area (Å²) in [6, 6.07) is -0.0708. The molecule has 0 aromatic carbocycles. The molecule has 0 fully saturated rings. The average Bonchev–Trinajstić information content (AvgIpc) is 2.09. The molecule has 0 amide bonds. The maximum atomic E-state index is 9.43. The number of unbranched alkanes of at least 4 members (excludes halogenated alkanes) is 1. The van der Waals surface area contributed by atoms with Gasteiger partial charge in [-0.1, -0.05) is 13.3 Å². The lowest BCUT2D eigenvalue weighted by molar-refractivity contribution is 0.186. The fourth-order valence-corrected chi connectivity index (χ4v) is 1.16. The average molecular weight is 183 g/mol. The molecule has 3 heteroatoms. The molecule has 3 nitrogen and oxygen atoms in total. The van der Waals surface area contributed by atoms with Gasteiger partial charge < -0.3 is 15.6 Å². The van der Waals surface area contributed by atoms with E-state index < -0.39 is 0 Å². The molecule has 13 heavy (non-hydrogen) atoms. The molecule has 0 spiro atoms. The Kier molecular flexibility index (Phi) is 3.83. The van der Waals surface area contributed by atoms with E-state index in [1.165, 1.54) is 0 Å². The molecule has 0 bridgehead atoms. The zero-order valence-electron chi connectivity index (χ0n) is 7.99. The third-order valence-electron chi connectivity index (χ3n) is 1.96. The van der Waals surface area contributed by atoms with E-state index in [2.05, 4.69) is 6.92 Å². The number of aliphatic hydroxyl groups is 1. The second-order valence-corrected chi connectivity index (χ2v) is 3.22. The zero-order valence-corrected chi connectivity index (χ0v) is 7.99. The predicted molar refractivity (Wildman–Crippen MR) is 52.2 cm³/mol. The van der Waals surface area contributed by atoms with Crippen molar-refractivity contribution in [2.24, 2.45) is 5.73 Å². The lowest BCUT2D eigenvalue weighted by Crippen LogP contribution is -2.20. The molecular formula is C10H17NO2. The van der Waals surface area contributed by atoms with E-state index in [4.69, 9.17) is 10.5 Å². The van der Waals surface area contributed by atoms with Crippen molar-refractivity contribution in [3.8, 4) is 0 Å². The van der Waals surface area contributed by atoms with Crippen LogP contribution in [0.5, 0.6) is 0 Å². The molecule has 0 heterocycles. The molecule has 0 aliphatic heterocycles. The Morgan fingerprint density at radius 1 is 1.69 bits per heavy atom. The van der Waals surface area contributed by atoms with Gasteiger partial charge >= 0.3 is 0 Å². The number of hydrogen-bond donors (Lipinski definition) is 2. The monoisotopic (exact) mass is 183 g/mol. The van der Waals surface area contributed by atoms with Gasteiger partial charge in [0.05, 0.1) is 6.61 Å². The van der Waals surface area contributed by atoms with E-state index in [1.807, 2.05) is 6.08 Å². The Balaban J connectivity index is 2.38. The lowest BCUT2D eigenvalue weighted by atomic mass is 10.1. The normalized spacial score (nSPS) is 22.2. The van der Waals surface area contributed by atoms with Crippen LogP contribution in [0.25, 0.3) is 0 Å². The molecule has 0 radical (unpaired) electrons. The van der Waals surface area contributed by atoms with Gasteiger partial charge in [0.2, 0.25) is 0 Å². The smallest absolute Gasteiger partial charge is 0.156 e. The molecular weight excluding hydrogens is 166 g/mol. The summed E-state index contributed by atoms with van der Waals surface area (Å²) in [4.78, 5) is 0. The van der Waals surface area contributed by atoms with Crippen LogP contribution in [0.4, 0.5) is 0 Å². The fraction of sp³-hybridized carbons (Fsp3) is 0.600. The van der Waals surface area contributed by atoms with Crippen LogP contribution in [-0.4, -0.2) is 17.8 Å². The highest BCUT2D eigenvalue weighted by Gasteiger charge is 2.12. The highest BCUT2D eigenvalue weighted by atomic mass is 16.5. The predicted octanol–water partition coefficient (Wildman–Crippen LogP) is 1.86. The van der Waals surface area contributed by atoms with Crippen LogP contribution in [0.15, 0.2) is 23.7 Å². The van der Waals surface area contributed by atoms with E-state index in [-0.39, 0.29) is 11.8 Å². The van der Waals surface area contributed by atoms with Crippen molar-refractivity contribution in [2.75, 3.05) is 6.61 Å². The Labute approximate surface area is 78.9 Å². The minimum absolute atomic E-state index is 0.0708. The molecule has 1 unspecified atom stereocenters. The number of ether oxygens (including phenoxy) is 1. The quantitative estimate of drug-likeness (QED) is 0.654. The molecule has 0 saturated heterocycles. The number of hydrogen-bond acceptors (Lipinski definition) is 3. The molecule has 74 valence electrons. The summed E-state index contributed by atoms with van der Waals surface area (Å²) in [5, 5.41) is 9.43. The molecule has 0 saturated carbocycles. The van der Waals surface area contributed by atoms with Gasteiger partial charge in [0.15, 0.2) is 11.5 Å². The van der Waals surface area contributed by atoms with E-state index >= 15 is 0 Å². The SMILES string of the molecule is CCCCOC1=CCC(N)C=C1O. The Hall–Kier alpha value is -0.960. The summed E-state index contributed by atoms with van der Waals surface area (Å²) in [5.74, 6) is 0.755. The van der Waals surface area contributed by atoms with Crippen LogP contribution < -0.4 is 5.73 Å². The standard InChI is InChI=1S/C10H17NO2/c1-2-3-6-13-10-5-4-8(11)7-9(10)12/h5,7-8,12H,2-4,6,11H2,1H3. The van der Waals surface area contributed by atoms with Crippen molar-refractivity contribution in [1.82, 2.24) is 0 Å². The van der Waals surface area contributed by atoms with Crippen molar-refractivity contribution in [3.05, 3.63) is 23.7 Å². The van der Waals surface area contributed by atoms with E-state index in [0.717, 1.165) is 19.3 Å². The van der Waals surface area contributed by atoms with Gasteiger partial charge in [0, 0.05) is 6.04 Å². The third-order valence-corrected chi connectivity index (χ3v) is 1.96. The van der Waals surface area contributed by atoms with Gasteiger partial charge in [-0.15, -0.1) is 0 Å². The van der Waals surface area contributed by atoms with Gasteiger partial charge in [0.1, 0.15) is 0 Å². The summed E-state index contributed by atoms with van der Waals surface area (Å²) in [5.41, 5.74) is 5.61. The molecule has 1 rings (SSSR count). The first-order valence-electron chi connectivity index (χ1n) is 4.73. The van der Waals surface area contributed by atoms with Gasteiger partial charge in [-0.05, 0) is 25.0 Å². The summed E-state index contributed by atoms with van der Waals surface area (Å²) >= 11 is 0. The second kappa shape index (κ2) is 4.92. The van der Waals surface area contributed by atoms with Crippen molar-refractivity contribution < 1.29 is 9.84 Å². The summed E-state index contributed by atoms with van der Waals surface area (Å²) in [7, 11) is 0. The topological polar surface area (TPSA) is 55.5 Å². The maximum Gasteiger partial charge on any atom is 0.156 e. The molecule has 1 aliphatic carbocycles.